The van der Waals surface area contributed by atoms with Gasteiger partial charge in [0.1, 0.15) is 18.2 Å². The molecule has 12 nitrogen and oxygen atoms in total. The molecule has 1 spiro atoms. The quantitative estimate of drug-likeness (QED) is 0.137. The average molecular weight is 667 g/mol. The van der Waals surface area contributed by atoms with E-state index in [0.717, 1.165) is 18.7 Å². The predicted octanol–water partition coefficient (Wildman–Crippen LogP) is 1.85. The number of rotatable bonds is 18. The Kier molecular flexibility index (Phi) is 12.4. The summed E-state index contributed by atoms with van der Waals surface area (Å²) in [5.41, 5.74) is -0.379. The van der Waals surface area contributed by atoms with Crippen LogP contribution in [0.2, 0.25) is 0 Å². The van der Waals surface area contributed by atoms with E-state index in [2.05, 4.69) is 23.4 Å². The monoisotopic (exact) mass is 666 g/mol. The van der Waals surface area contributed by atoms with Gasteiger partial charge >= 0.3 is 5.97 Å². The maximum absolute atomic E-state index is 14.5. The number of unbranched alkanes of at least 4 members (excludes halogenated alkanes) is 1. The number of carbonyl (C=O) groups is 4. The molecule has 0 aliphatic carbocycles. The SMILES string of the molecule is C=CCCC(=O)OC[C@@H](NC(=O)[C@@H]1[C@H]2C(=O)N(CCCCO)[C@H](C(=O)N(CC=C)CCN3CCOCC3)[C@]23CC[C@H]1O3)c1ccccc1. The second-order valence-corrected chi connectivity index (χ2v) is 13.0. The lowest BCUT2D eigenvalue weighted by Crippen LogP contribution is -2.57. The number of hydrogen-bond acceptors (Lipinski definition) is 9. The number of hydrogen-bond donors (Lipinski definition) is 2. The fourth-order valence-corrected chi connectivity index (χ4v) is 7.72. The molecule has 5 rings (SSSR count). The minimum atomic E-state index is -1.14. The highest BCUT2D eigenvalue weighted by Gasteiger charge is 2.74. The smallest absolute Gasteiger partial charge is 0.306 e. The summed E-state index contributed by atoms with van der Waals surface area (Å²) < 4.78 is 17.7. The first-order valence-electron chi connectivity index (χ1n) is 17.3. The zero-order valence-electron chi connectivity index (χ0n) is 27.8. The molecular weight excluding hydrogens is 616 g/mol. The lowest BCUT2D eigenvalue weighted by molar-refractivity contribution is -0.148. The Morgan fingerprint density at radius 3 is 2.60 bits per heavy atom. The fraction of sp³-hybridized carbons (Fsp3) is 0.611. The Morgan fingerprint density at radius 2 is 1.90 bits per heavy atom. The molecule has 4 saturated heterocycles. The topological polar surface area (TPSA) is 138 Å². The van der Waals surface area contributed by atoms with Gasteiger partial charge in [-0.1, -0.05) is 42.5 Å². The third-order valence-corrected chi connectivity index (χ3v) is 10.1. The lowest BCUT2D eigenvalue weighted by Gasteiger charge is -2.37. The van der Waals surface area contributed by atoms with Gasteiger partial charge in [-0.3, -0.25) is 24.1 Å². The number of fused-ring (bicyclic) bond motifs is 1. The molecule has 1 aromatic carbocycles. The number of carbonyl (C=O) groups excluding carboxylic acids is 4. The van der Waals surface area contributed by atoms with E-state index in [1.165, 1.54) is 0 Å². The van der Waals surface area contributed by atoms with E-state index in [4.69, 9.17) is 14.2 Å². The van der Waals surface area contributed by atoms with Gasteiger partial charge in [-0.25, -0.2) is 0 Å². The maximum atomic E-state index is 14.5. The number of esters is 1. The highest BCUT2D eigenvalue weighted by molar-refractivity contribution is 5.99. The second-order valence-electron chi connectivity index (χ2n) is 13.0. The first-order chi connectivity index (χ1) is 23.3. The van der Waals surface area contributed by atoms with Crippen LogP contribution >= 0.6 is 0 Å². The van der Waals surface area contributed by atoms with Crippen molar-refractivity contribution < 1.29 is 38.5 Å². The minimum absolute atomic E-state index is 0.0278. The van der Waals surface area contributed by atoms with E-state index >= 15 is 0 Å². The van der Waals surface area contributed by atoms with E-state index in [0.29, 0.717) is 65.0 Å². The van der Waals surface area contributed by atoms with E-state index in [-0.39, 0.29) is 43.9 Å². The van der Waals surface area contributed by atoms with Crippen molar-refractivity contribution in [2.24, 2.45) is 11.8 Å². The van der Waals surface area contributed by atoms with Gasteiger partial charge in [0.05, 0.1) is 37.2 Å². The Bertz CT molecular complexity index is 1300. The van der Waals surface area contributed by atoms with Crippen molar-refractivity contribution in [3.8, 4) is 0 Å². The Balaban J connectivity index is 1.38. The molecule has 0 saturated carbocycles. The van der Waals surface area contributed by atoms with Crippen LogP contribution in [0.25, 0.3) is 0 Å². The largest absolute Gasteiger partial charge is 0.463 e. The zero-order chi connectivity index (χ0) is 34.1. The first-order valence-corrected chi connectivity index (χ1v) is 17.3. The number of nitrogens with zero attached hydrogens (tertiary/aromatic N) is 3. The van der Waals surface area contributed by atoms with Crippen molar-refractivity contribution in [2.75, 3.05) is 65.7 Å². The number of benzene rings is 1. The summed E-state index contributed by atoms with van der Waals surface area (Å²) in [7, 11) is 0. The Hall–Kier alpha value is -3.58. The number of morpholine rings is 1. The van der Waals surface area contributed by atoms with Gasteiger partial charge in [-0.15, -0.1) is 13.2 Å². The molecule has 2 bridgehead atoms. The molecule has 0 aromatic heterocycles. The van der Waals surface area contributed by atoms with Crippen LogP contribution in [0.3, 0.4) is 0 Å². The van der Waals surface area contributed by atoms with E-state index in [1.807, 2.05) is 30.3 Å². The molecule has 4 heterocycles. The molecule has 48 heavy (non-hydrogen) atoms. The number of likely N-dealkylation sites (tertiary alicyclic amines) is 1. The van der Waals surface area contributed by atoms with Crippen molar-refractivity contribution in [3.05, 3.63) is 61.2 Å². The summed E-state index contributed by atoms with van der Waals surface area (Å²) in [5, 5.41) is 12.6. The third kappa shape index (κ3) is 7.67. The van der Waals surface area contributed by atoms with Crippen molar-refractivity contribution in [1.82, 2.24) is 20.0 Å². The van der Waals surface area contributed by atoms with Crippen molar-refractivity contribution >= 4 is 23.7 Å². The molecule has 4 aliphatic rings. The fourth-order valence-electron chi connectivity index (χ4n) is 7.72. The predicted molar refractivity (Wildman–Crippen MR) is 177 cm³/mol. The van der Waals surface area contributed by atoms with Gasteiger partial charge in [0.15, 0.2) is 0 Å². The van der Waals surface area contributed by atoms with Crippen LogP contribution in [0.4, 0.5) is 0 Å². The number of amides is 3. The molecule has 262 valence electrons. The first kappa shape index (κ1) is 35.7. The van der Waals surface area contributed by atoms with Crippen LogP contribution in [0, 0.1) is 11.8 Å². The average Bonchev–Trinajstić information content (AvgIpc) is 3.75. The Morgan fingerprint density at radius 1 is 1.12 bits per heavy atom. The van der Waals surface area contributed by atoms with Gasteiger partial charge in [0, 0.05) is 52.3 Å². The van der Waals surface area contributed by atoms with Crippen LogP contribution < -0.4 is 5.32 Å². The molecule has 2 N–H and O–H groups in total. The highest BCUT2D eigenvalue weighted by atomic mass is 16.5. The normalized spacial score (nSPS) is 26.9. The number of aliphatic hydroxyl groups excluding tert-OH is 1. The van der Waals surface area contributed by atoms with E-state index in [1.54, 1.807) is 22.0 Å². The molecule has 12 heteroatoms. The minimum Gasteiger partial charge on any atom is -0.463 e. The second kappa shape index (κ2) is 16.7. The summed E-state index contributed by atoms with van der Waals surface area (Å²) in [5.74, 6) is -2.89. The lowest BCUT2D eigenvalue weighted by atomic mass is 9.70. The number of ether oxygens (including phenoxy) is 3. The highest BCUT2D eigenvalue weighted by Crippen LogP contribution is 2.58. The standard InChI is InChI=1S/C36H50N4O8/c1-3-5-13-29(42)47-25-27(26-11-7-6-8-12-26)37-33(43)30-28-14-15-36(48-28)31(30)34(44)40(17-9-10-22-41)32(36)35(45)39(16-4-2)19-18-38-20-23-46-24-21-38/h3-4,6-8,11-12,27-28,30-32,41H,1-2,5,9-10,13-25H2,(H,37,43)/t27-,28-,30+,31+,32-,36+/m1/s1. The van der Waals surface area contributed by atoms with Gasteiger partial charge in [-0.05, 0) is 37.7 Å². The summed E-state index contributed by atoms with van der Waals surface area (Å²) in [6, 6.07) is 7.73. The van der Waals surface area contributed by atoms with Gasteiger partial charge in [-0.2, -0.15) is 0 Å². The van der Waals surface area contributed by atoms with Crippen LogP contribution in [-0.4, -0.2) is 127 Å². The number of aliphatic hydroxyl groups is 1. The van der Waals surface area contributed by atoms with Crippen LogP contribution in [-0.2, 0) is 33.4 Å². The molecule has 3 amide bonds. The molecule has 1 aromatic rings. The van der Waals surface area contributed by atoms with Crippen LogP contribution in [0.1, 0.15) is 50.1 Å². The van der Waals surface area contributed by atoms with E-state index in [9.17, 15) is 24.3 Å². The number of nitrogens with one attached hydrogen (secondary N) is 1. The van der Waals surface area contributed by atoms with Gasteiger partial charge in [0.25, 0.3) is 0 Å². The van der Waals surface area contributed by atoms with Crippen LogP contribution in [0.5, 0.6) is 0 Å². The maximum Gasteiger partial charge on any atom is 0.306 e. The summed E-state index contributed by atoms with van der Waals surface area (Å²) >= 11 is 0. The van der Waals surface area contributed by atoms with Crippen molar-refractivity contribution in [3.63, 3.8) is 0 Å². The molecule has 4 fully saturated rings. The van der Waals surface area contributed by atoms with Crippen molar-refractivity contribution in [1.29, 1.82) is 0 Å². The molecule has 4 aliphatic heterocycles. The Labute approximate surface area is 283 Å². The molecule has 6 atom stereocenters. The van der Waals surface area contributed by atoms with Crippen LogP contribution in [0.15, 0.2) is 55.6 Å². The van der Waals surface area contributed by atoms with E-state index < -0.39 is 41.6 Å². The summed E-state index contributed by atoms with van der Waals surface area (Å²) in [4.78, 5) is 61.1. The molecular formula is C36H50N4O8. The molecule has 0 radical (unpaired) electrons. The van der Waals surface area contributed by atoms with Crippen molar-refractivity contribution in [2.45, 2.75) is 62.3 Å². The summed E-state index contributed by atoms with van der Waals surface area (Å²) in [6.07, 6.45) is 5.50. The number of allylic oxidation sites excluding steroid dienone is 1. The van der Waals surface area contributed by atoms with Gasteiger partial charge < -0.3 is 34.4 Å². The summed E-state index contributed by atoms with van der Waals surface area (Å²) in [6.45, 7) is 12.0. The third-order valence-electron chi connectivity index (χ3n) is 10.1. The molecule has 0 unspecified atom stereocenters. The zero-order valence-corrected chi connectivity index (χ0v) is 27.8. The van der Waals surface area contributed by atoms with Gasteiger partial charge in [0.2, 0.25) is 17.7 Å².